The number of anilines is 2. The second-order valence-electron chi connectivity index (χ2n) is 10.5. The van der Waals surface area contributed by atoms with Crippen molar-refractivity contribution in [2.75, 3.05) is 43.1 Å². The standard InChI is InChI=1S/C29H32Cl2N6O3/c1-29(28(32)40)11-13-36(14-12-29)24-15-23(35(2)16-20(39)17-38)33-27-25(18-7-9-19(30)10-8-18)26(34-37(24)27)21-5-3-4-6-22(21)31/h3-10,15,20,38-39H,11-14,16-17H2,1-2H3,(H2,32,40)/t20-/m0/s1. The van der Waals surface area contributed by atoms with Gasteiger partial charge in [0.25, 0.3) is 0 Å². The minimum atomic E-state index is -0.933. The SMILES string of the molecule is CN(C[C@H](O)CO)c1cc(N2CCC(C)(C(N)=O)CC2)n2nc(-c3ccccc3Cl)c(-c3ccc(Cl)cc3)c2n1. The predicted molar refractivity (Wildman–Crippen MR) is 159 cm³/mol. The Bertz CT molecular complexity index is 1530. The summed E-state index contributed by atoms with van der Waals surface area (Å²) in [5.74, 6) is 1.08. The number of likely N-dealkylation sites (N-methyl/N-ethyl adjacent to an activating group) is 1. The molecule has 4 N–H and O–H groups in total. The lowest BCUT2D eigenvalue weighted by Gasteiger charge is -2.38. The van der Waals surface area contributed by atoms with E-state index in [9.17, 15) is 15.0 Å². The Hall–Kier alpha value is -3.37. The van der Waals surface area contributed by atoms with E-state index in [0.29, 0.717) is 53.1 Å². The van der Waals surface area contributed by atoms with Gasteiger partial charge in [0.15, 0.2) is 5.65 Å². The Kier molecular flexibility index (Phi) is 7.92. The average molecular weight is 584 g/mol. The zero-order valence-electron chi connectivity index (χ0n) is 22.4. The number of aliphatic hydroxyl groups excluding tert-OH is 2. The van der Waals surface area contributed by atoms with Crippen molar-refractivity contribution in [1.29, 1.82) is 0 Å². The van der Waals surface area contributed by atoms with Gasteiger partial charge in [0.1, 0.15) is 17.3 Å². The van der Waals surface area contributed by atoms with Crippen molar-refractivity contribution < 1.29 is 15.0 Å². The molecule has 2 aromatic heterocycles. The van der Waals surface area contributed by atoms with Crippen molar-refractivity contribution in [2.24, 2.45) is 11.1 Å². The van der Waals surface area contributed by atoms with Crippen LogP contribution in [0.2, 0.25) is 10.0 Å². The highest BCUT2D eigenvalue weighted by atomic mass is 35.5. The molecular weight excluding hydrogens is 551 g/mol. The highest BCUT2D eigenvalue weighted by Crippen LogP contribution is 2.41. The molecule has 11 heteroatoms. The molecule has 1 fully saturated rings. The van der Waals surface area contributed by atoms with Gasteiger partial charge >= 0.3 is 0 Å². The normalized spacial score (nSPS) is 15.8. The molecule has 3 heterocycles. The minimum absolute atomic E-state index is 0.181. The van der Waals surface area contributed by atoms with Crippen molar-refractivity contribution in [3.63, 3.8) is 0 Å². The third kappa shape index (κ3) is 5.34. The summed E-state index contributed by atoms with van der Waals surface area (Å²) in [5, 5.41) is 25.8. The van der Waals surface area contributed by atoms with Gasteiger partial charge in [-0.1, -0.05) is 60.5 Å². The number of benzene rings is 2. The van der Waals surface area contributed by atoms with Gasteiger partial charge in [-0.15, -0.1) is 0 Å². The Labute approximate surface area is 242 Å². The lowest BCUT2D eigenvalue weighted by molar-refractivity contribution is -0.127. The van der Waals surface area contributed by atoms with E-state index in [-0.39, 0.29) is 19.1 Å². The zero-order valence-corrected chi connectivity index (χ0v) is 23.9. The van der Waals surface area contributed by atoms with Gasteiger partial charge in [-0.2, -0.15) is 9.61 Å². The largest absolute Gasteiger partial charge is 0.394 e. The van der Waals surface area contributed by atoms with Crippen LogP contribution in [-0.2, 0) is 4.79 Å². The van der Waals surface area contributed by atoms with E-state index in [0.717, 1.165) is 22.5 Å². The fourth-order valence-corrected chi connectivity index (χ4v) is 5.43. The quantitative estimate of drug-likeness (QED) is 0.284. The Morgan fingerprint density at radius 3 is 2.45 bits per heavy atom. The van der Waals surface area contributed by atoms with E-state index in [4.69, 9.17) is 39.0 Å². The molecule has 0 unspecified atom stereocenters. The molecule has 0 spiro atoms. The molecule has 0 saturated carbocycles. The predicted octanol–water partition coefficient (Wildman–Crippen LogP) is 4.25. The van der Waals surface area contributed by atoms with E-state index in [1.807, 2.05) is 73.1 Å². The number of aromatic nitrogens is 3. The summed E-state index contributed by atoms with van der Waals surface area (Å²) in [4.78, 5) is 21.1. The third-order valence-corrected chi connectivity index (χ3v) is 8.27. The summed E-state index contributed by atoms with van der Waals surface area (Å²) < 4.78 is 1.81. The van der Waals surface area contributed by atoms with Crippen molar-refractivity contribution >= 4 is 46.4 Å². The fraction of sp³-hybridized carbons (Fsp3) is 0.345. The molecular formula is C29H32Cl2N6O3. The minimum Gasteiger partial charge on any atom is -0.394 e. The molecule has 1 atom stereocenters. The number of halogens is 2. The molecule has 1 aliphatic rings. The molecule has 1 amide bonds. The summed E-state index contributed by atoms with van der Waals surface area (Å²) in [6.45, 7) is 2.92. The highest BCUT2D eigenvalue weighted by molar-refractivity contribution is 6.33. The van der Waals surface area contributed by atoms with Crippen LogP contribution in [0.1, 0.15) is 19.8 Å². The number of nitrogens with zero attached hydrogens (tertiary/aromatic N) is 5. The number of nitrogens with two attached hydrogens (primary N) is 1. The summed E-state index contributed by atoms with van der Waals surface area (Å²) >= 11 is 12.9. The number of carbonyl (C=O) groups excluding carboxylic acids is 1. The number of hydrogen-bond acceptors (Lipinski definition) is 7. The van der Waals surface area contributed by atoms with Crippen LogP contribution >= 0.6 is 23.2 Å². The van der Waals surface area contributed by atoms with Gasteiger partial charge in [-0.3, -0.25) is 4.79 Å². The number of aliphatic hydroxyl groups is 2. The van der Waals surface area contributed by atoms with Crippen LogP contribution in [0.4, 0.5) is 11.6 Å². The van der Waals surface area contributed by atoms with Gasteiger partial charge in [-0.25, -0.2) is 4.98 Å². The van der Waals surface area contributed by atoms with Gasteiger partial charge in [0.2, 0.25) is 5.91 Å². The van der Waals surface area contributed by atoms with E-state index in [1.54, 1.807) is 4.90 Å². The van der Waals surface area contributed by atoms with Crippen molar-refractivity contribution in [3.8, 4) is 22.4 Å². The van der Waals surface area contributed by atoms with Gasteiger partial charge in [0, 0.05) is 48.7 Å². The Balaban J connectivity index is 1.75. The summed E-state index contributed by atoms with van der Waals surface area (Å²) in [6.07, 6.45) is 0.268. The van der Waals surface area contributed by atoms with E-state index in [2.05, 4.69) is 4.90 Å². The van der Waals surface area contributed by atoms with Crippen LogP contribution in [0.3, 0.4) is 0 Å². The summed E-state index contributed by atoms with van der Waals surface area (Å²) in [7, 11) is 1.81. The van der Waals surface area contributed by atoms with E-state index in [1.165, 1.54) is 0 Å². The fourth-order valence-electron chi connectivity index (χ4n) is 5.08. The average Bonchev–Trinajstić information content (AvgIpc) is 3.32. The number of rotatable bonds is 8. The van der Waals surface area contributed by atoms with Crippen LogP contribution in [-0.4, -0.2) is 70.1 Å². The third-order valence-electron chi connectivity index (χ3n) is 7.69. The maximum absolute atomic E-state index is 12.1. The van der Waals surface area contributed by atoms with Crippen molar-refractivity contribution in [1.82, 2.24) is 14.6 Å². The van der Waals surface area contributed by atoms with Crippen LogP contribution in [0.15, 0.2) is 54.6 Å². The molecule has 0 bridgehead atoms. The number of piperidine rings is 1. The van der Waals surface area contributed by atoms with Gasteiger partial charge in [0.05, 0.1) is 23.3 Å². The number of fused-ring (bicyclic) bond motifs is 1. The molecule has 4 aromatic rings. The number of hydrogen-bond donors (Lipinski definition) is 3. The first-order valence-corrected chi connectivity index (χ1v) is 13.9. The Morgan fingerprint density at radius 1 is 1.15 bits per heavy atom. The Morgan fingerprint density at radius 2 is 1.82 bits per heavy atom. The molecule has 210 valence electrons. The molecule has 5 rings (SSSR count). The van der Waals surface area contributed by atoms with Crippen LogP contribution < -0.4 is 15.5 Å². The second kappa shape index (κ2) is 11.2. The van der Waals surface area contributed by atoms with Crippen LogP contribution in [0, 0.1) is 5.41 Å². The number of primary amides is 1. The number of amides is 1. The summed E-state index contributed by atoms with van der Waals surface area (Å²) in [5.41, 5.74) is 8.81. The first-order valence-electron chi connectivity index (χ1n) is 13.1. The smallest absolute Gasteiger partial charge is 0.223 e. The molecule has 0 radical (unpaired) electrons. The van der Waals surface area contributed by atoms with E-state index < -0.39 is 11.5 Å². The van der Waals surface area contributed by atoms with Crippen molar-refractivity contribution in [2.45, 2.75) is 25.9 Å². The van der Waals surface area contributed by atoms with Gasteiger partial charge in [-0.05, 0) is 36.6 Å². The topological polar surface area (TPSA) is 120 Å². The first-order chi connectivity index (χ1) is 19.1. The molecule has 1 saturated heterocycles. The van der Waals surface area contributed by atoms with Crippen molar-refractivity contribution in [3.05, 3.63) is 64.6 Å². The van der Waals surface area contributed by atoms with Gasteiger partial charge < -0.3 is 25.7 Å². The molecule has 9 nitrogen and oxygen atoms in total. The molecule has 1 aliphatic heterocycles. The molecule has 40 heavy (non-hydrogen) atoms. The van der Waals surface area contributed by atoms with Crippen LogP contribution in [0.25, 0.3) is 28.0 Å². The summed E-state index contributed by atoms with van der Waals surface area (Å²) in [6, 6.07) is 16.9. The maximum Gasteiger partial charge on any atom is 0.223 e. The lowest BCUT2D eigenvalue weighted by atomic mass is 9.80. The zero-order chi connectivity index (χ0) is 28.6. The highest BCUT2D eigenvalue weighted by Gasteiger charge is 2.36. The van der Waals surface area contributed by atoms with E-state index >= 15 is 0 Å². The molecule has 2 aromatic carbocycles. The lowest BCUT2D eigenvalue weighted by Crippen LogP contribution is -2.46. The first kappa shape index (κ1) is 28.2. The second-order valence-corrected chi connectivity index (χ2v) is 11.4. The monoisotopic (exact) mass is 582 g/mol. The van der Waals surface area contributed by atoms with Crippen LogP contribution in [0.5, 0.6) is 0 Å². The number of carbonyl (C=O) groups is 1. The molecule has 0 aliphatic carbocycles. The maximum atomic E-state index is 12.1.